The molecular formula is C9H14ClNS. The van der Waals surface area contributed by atoms with Crippen molar-refractivity contribution in [1.29, 1.82) is 0 Å². The zero-order valence-electron chi connectivity index (χ0n) is 7.51. The topological polar surface area (TPSA) is 3.24 Å². The Kier molecular flexibility index (Phi) is 4.06. The highest BCUT2D eigenvalue weighted by molar-refractivity contribution is 7.16. The van der Waals surface area contributed by atoms with Crippen molar-refractivity contribution in [2.24, 2.45) is 0 Å². The van der Waals surface area contributed by atoms with E-state index in [1.54, 1.807) is 11.3 Å². The number of thiophene rings is 1. The van der Waals surface area contributed by atoms with E-state index < -0.39 is 0 Å². The summed E-state index contributed by atoms with van der Waals surface area (Å²) in [5, 5.41) is 0. The van der Waals surface area contributed by atoms with E-state index in [0.29, 0.717) is 0 Å². The highest BCUT2D eigenvalue weighted by atomic mass is 35.5. The Bertz CT molecular complexity index is 230. The number of nitrogens with zero attached hydrogens (tertiary/aromatic N) is 1. The van der Waals surface area contributed by atoms with Gasteiger partial charge in [0.15, 0.2) is 0 Å². The molecule has 0 unspecified atom stereocenters. The molecule has 0 fully saturated rings. The Balaban J connectivity index is 2.50. The van der Waals surface area contributed by atoms with Crippen LogP contribution in [-0.2, 0) is 6.54 Å². The number of rotatable bonds is 4. The summed E-state index contributed by atoms with van der Waals surface area (Å²) < 4.78 is 0.886. The summed E-state index contributed by atoms with van der Waals surface area (Å²) in [5.41, 5.74) is 0. The van der Waals surface area contributed by atoms with E-state index in [1.165, 1.54) is 4.88 Å². The van der Waals surface area contributed by atoms with Gasteiger partial charge in [0.1, 0.15) is 0 Å². The van der Waals surface area contributed by atoms with Crippen LogP contribution in [0.1, 0.15) is 18.7 Å². The van der Waals surface area contributed by atoms with Gasteiger partial charge in [0.25, 0.3) is 0 Å². The largest absolute Gasteiger partial charge is 0.299 e. The fourth-order valence-corrected chi connectivity index (χ4v) is 2.23. The highest BCUT2D eigenvalue weighted by Gasteiger charge is 2.02. The van der Waals surface area contributed by atoms with Crippen molar-refractivity contribution >= 4 is 22.9 Å². The van der Waals surface area contributed by atoms with E-state index in [2.05, 4.69) is 24.8 Å². The predicted octanol–water partition coefficient (Wildman–Crippen LogP) is 3.24. The maximum Gasteiger partial charge on any atom is 0.0931 e. The smallest absolute Gasteiger partial charge is 0.0931 e. The van der Waals surface area contributed by atoms with Crippen LogP contribution in [0.4, 0.5) is 0 Å². The van der Waals surface area contributed by atoms with Gasteiger partial charge in [-0.15, -0.1) is 11.3 Å². The van der Waals surface area contributed by atoms with Crippen LogP contribution in [0.3, 0.4) is 0 Å². The van der Waals surface area contributed by atoms with E-state index in [1.807, 2.05) is 6.07 Å². The van der Waals surface area contributed by atoms with E-state index in [9.17, 15) is 0 Å². The molecule has 0 aliphatic heterocycles. The quantitative estimate of drug-likeness (QED) is 0.727. The van der Waals surface area contributed by atoms with Gasteiger partial charge >= 0.3 is 0 Å². The monoisotopic (exact) mass is 203 g/mol. The summed E-state index contributed by atoms with van der Waals surface area (Å²) in [4.78, 5) is 3.73. The molecule has 0 N–H and O–H groups in total. The van der Waals surface area contributed by atoms with Gasteiger partial charge in [-0.1, -0.05) is 25.4 Å². The van der Waals surface area contributed by atoms with Crippen LogP contribution >= 0.6 is 22.9 Å². The summed E-state index contributed by atoms with van der Waals surface area (Å²) in [6.07, 6.45) is 0. The van der Waals surface area contributed by atoms with Crippen LogP contribution in [0.5, 0.6) is 0 Å². The van der Waals surface area contributed by atoms with E-state index in [4.69, 9.17) is 11.6 Å². The highest BCUT2D eigenvalue weighted by Crippen LogP contribution is 2.22. The molecular weight excluding hydrogens is 190 g/mol. The van der Waals surface area contributed by atoms with Crippen LogP contribution in [0.25, 0.3) is 0 Å². The third kappa shape index (κ3) is 2.77. The van der Waals surface area contributed by atoms with Crippen molar-refractivity contribution in [3.05, 3.63) is 21.3 Å². The third-order valence-electron chi connectivity index (χ3n) is 1.90. The minimum absolute atomic E-state index is 0.886. The second-order valence-electron chi connectivity index (χ2n) is 2.67. The van der Waals surface area contributed by atoms with Gasteiger partial charge in [-0.3, -0.25) is 4.90 Å². The van der Waals surface area contributed by atoms with Crippen molar-refractivity contribution in [3.8, 4) is 0 Å². The summed E-state index contributed by atoms with van der Waals surface area (Å²) in [5.74, 6) is 0. The molecule has 3 heteroatoms. The second kappa shape index (κ2) is 4.85. The maximum atomic E-state index is 5.83. The lowest BCUT2D eigenvalue weighted by Gasteiger charge is -2.16. The van der Waals surface area contributed by atoms with Gasteiger partial charge in [0.2, 0.25) is 0 Å². The summed E-state index contributed by atoms with van der Waals surface area (Å²) in [6.45, 7) is 7.60. The minimum Gasteiger partial charge on any atom is -0.299 e. The second-order valence-corrected chi connectivity index (χ2v) is 4.47. The van der Waals surface area contributed by atoms with Crippen molar-refractivity contribution in [3.63, 3.8) is 0 Å². The molecule has 68 valence electrons. The minimum atomic E-state index is 0.886. The molecule has 0 aliphatic carbocycles. The molecule has 0 saturated carbocycles. The Morgan fingerprint density at radius 2 is 2.00 bits per heavy atom. The van der Waals surface area contributed by atoms with Crippen LogP contribution in [0, 0.1) is 0 Å². The molecule has 0 atom stereocenters. The lowest BCUT2D eigenvalue weighted by molar-refractivity contribution is 0.298. The molecule has 0 radical (unpaired) electrons. The van der Waals surface area contributed by atoms with Crippen LogP contribution < -0.4 is 0 Å². The molecule has 0 bridgehead atoms. The molecule has 12 heavy (non-hydrogen) atoms. The number of hydrogen-bond donors (Lipinski definition) is 0. The Morgan fingerprint density at radius 3 is 2.42 bits per heavy atom. The molecule has 0 saturated heterocycles. The zero-order valence-corrected chi connectivity index (χ0v) is 9.08. The van der Waals surface area contributed by atoms with Crippen LogP contribution in [0.15, 0.2) is 12.1 Å². The fraction of sp³-hybridized carbons (Fsp3) is 0.556. The summed E-state index contributed by atoms with van der Waals surface area (Å²) in [6, 6.07) is 4.07. The Hall–Kier alpha value is -0.0500. The van der Waals surface area contributed by atoms with Gasteiger partial charge in [-0.2, -0.15) is 0 Å². The van der Waals surface area contributed by atoms with Gasteiger partial charge in [0.05, 0.1) is 4.34 Å². The molecule has 1 rings (SSSR count). The van der Waals surface area contributed by atoms with Gasteiger partial charge in [-0.05, 0) is 25.2 Å². The lowest BCUT2D eigenvalue weighted by Crippen LogP contribution is -2.21. The van der Waals surface area contributed by atoms with E-state index in [-0.39, 0.29) is 0 Å². The zero-order chi connectivity index (χ0) is 8.97. The van der Waals surface area contributed by atoms with Gasteiger partial charge in [0, 0.05) is 11.4 Å². The first kappa shape index (κ1) is 10.0. The van der Waals surface area contributed by atoms with Crippen molar-refractivity contribution in [1.82, 2.24) is 4.90 Å². The first-order valence-corrected chi connectivity index (χ1v) is 5.42. The summed E-state index contributed by atoms with van der Waals surface area (Å²) >= 11 is 7.50. The normalized spacial score (nSPS) is 11.0. The molecule has 1 heterocycles. The Morgan fingerprint density at radius 1 is 1.33 bits per heavy atom. The first-order valence-electron chi connectivity index (χ1n) is 4.22. The average molecular weight is 204 g/mol. The van der Waals surface area contributed by atoms with Crippen LogP contribution in [-0.4, -0.2) is 18.0 Å². The fourth-order valence-electron chi connectivity index (χ4n) is 1.10. The number of halogens is 1. The van der Waals surface area contributed by atoms with E-state index >= 15 is 0 Å². The first-order chi connectivity index (χ1) is 5.76. The van der Waals surface area contributed by atoms with Crippen molar-refractivity contribution < 1.29 is 0 Å². The molecule has 0 aliphatic rings. The Labute approximate surface area is 83.0 Å². The molecule has 1 nitrogen and oxygen atoms in total. The van der Waals surface area contributed by atoms with Gasteiger partial charge in [-0.25, -0.2) is 0 Å². The van der Waals surface area contributed by atoms with Crippen molar-refractivity contribution in [2.45, 2.75) is 20.4 Å². The standard InChI is InChI=1S/C9H14ClNS/c1-3-11(4-2)7-8-5-6-9(10)12-8/h5-6H,3-4,7H2,1-2H3. The molecule has 0 amide bonds. The van der Waals surface area contributed by atoms with Gasteiger partial charge < -0.3 is 0 Å². The molecule has 1 aromatic rings. The number of hydrogen-bond acceptors (Lipinski definition) is 2. The van der Waals surface area contributed by atoms with Crippen molar-refractivity contribution in [2.75, 3.05) is 13.1 Å². The molecule has 0 aromatic carbocycles. The molecule has 1 aromatic heterocycles. The van der Waals surface area contributed by atoms with Crippen LogP contribution in [0.2, 0.25) is 4.34 Å². The predicted molar refractivity (Wildman–Crippen MR) is 56.0 cm³/mol. The third-order valence-corrected chi connectivity index (χ3v) is 3.12. The SMILES string of the molecule is CCN(CC)Cc1ccc(Cl)s1. The average Bonchev–Trinajstić information content (AvgIpc) is 2.47. The van der Waals surface area contributed by atoms with E-state index in [0.717, 1.165) is 24.0 Å². The lowest BCUT2D eigenvalue weighted by atomic mass is 10.4. The maximum absolute atomic E-state index is 5.83. The summed E-state index contributed by atoms with van der Waals surface area (Å²) in [7, 11) is 0. The molecule has 0 spiro atoms.